The molecule has 1 atom stereocenters. The molecular weight excluding hydrogens is 209 g/mol. The van der Waals surface area contributed by atoms with Crippen molar-refractivity contribution in [2.24, 2.45) is 10.6 Å². The highest BCUT2D eigenvalue weighted by Crippen LogP contribution is 2.58. The highest BCUT2D eigenvalue weighted by atomic mass is 32.2. The van der Waals surface area contributed by atoms with Crippen LogP contribution in [0.3, 0.4) is 0 Å². The van der Waals surface area contributed by atoms with Gasteiger partial charge in [-0.1, -0.05) is 6.42 Å². The molecular formula is C8H14FNO3S. The van der Waals surface area contributed by atoms with Crippen LogP contribution in [0.2, 0.25) is 0 Å². The zero-order valence-corrected chi connectivity index (χ0v) is 8.65. The lowest BCUT2D eigenvalue weighted by Gasteiger charge is -2.45. The van der Waals surface area contributed by atoms with Crippen LogP contribution < -0.4 is 5.14 Å². The minimum Gasteiger partial charge on any atom is -0.345 e. The average molecular weight is 223 g/mol. The molecule has 1 spiro atoms. The van der Waals surface area contributed by atoms with Crippen LogP contribution in [0.25, 0.3) is 0 Å². The van der Waals surface area contributed by atoms with Gasteiger partial charge >= 0.3 is 0 Å². The Bertz CT molecular complexity index is 338. The van der Waals surface area contributed by atoms with Gasteiger partial charge in [0, 0.05) is 5.41 Å². The second-order valence-electron chi connectivity index (χ2n) is 4.27. The number of sulfonamides is 1. The van der Waals surface area contributed by atoms with Crippen LogP contribution in [0.5, 0.6) is 0 Å². The summed E-state index contributed by atoms with van der Waals surface area (Å²) >= 11 is 0. The number of rotatable bonds is 2. The van der Waals surface area contributed by atoms with Gasteiger partial charge in [-0.15, -0.1) is 0 Å². The average Bonchev–Trinajstić information content (AvgIpc) is 2.20. The van der Waals surface area contributed by atoms with Crippen molar-refractivity contribution < 1.29 is 17.5 Å². The fourth-order valence-corrected chi connectivity index (χ4v) is 3.34. The number of halogens is 1. The summed E-state index contributed by atoms with van der Waals surface area (Å²) in [5.41, 5.74) is -0.570. The molecule has 2 aliphatic rings. The maximum absolute atomic E-state index is 14.2. The number of alkyl halides is 1. The summed E-state index contributed by atoms with van der Waals surface area (Å²) in [6.07, 6.45) is 2.97. The minimum absolute atomic E-state index is 0.298. The maximum atomic E-state index is 14.2. The standard InChI is InChI=1S/C8H14FNO3S/c9-8(6-14(10,11)12)7(2-1-3-7)4-5-13-8/h1-6H2,(H2,10,11,12). The Morgan fingerprint density at radius 3 is 2.43 bits per heavy atom. The Balaban J connectivity index is 2.22. The van der Waals surface area contributed by atoms with E-state index in [1.807, 2.05) is 0 Å². The van der Waals surface area contributed by atoms with Crippen LogP contribution in [0.1, 0.15) is 25.7 Å². The first-order valence-corrected chi connectivity index (χ1v) is 6.42. The van der Waals surface area contributed by atoms with E-state index < -0.39 is 27.0 Å². The summed E-state index contributed by atoms with van der Waals surface area (Å²) in [6.45, 7) is 0.298. The highest BCUT2D eigenvalue weighted by Gasteiger charge is 2.61. The molecule has 2 N–H and O–H groups in total. The SMILES string of the molecule is NS(=O)(=O)CC1(F)OCCC12CCC2. The lowest BCUT2D eigenvalue weighted by atomic mass is 9.64. The smallest absolute Gasteiger partial charge is 0.230 e. The Kier molecular flexibility index (Phi) is 2.14. The molecule has 0 bridgehead atoms. The van der Waals surface area contributed by atoms with Crippen molar-refractivity contribution in [1.29, 1.82) is 0 Å². The third kappa shape index (κ3) is 1.45. The third-order valence-corrected chi connectivity index (χ3v) is 4.17. The molecule has 0 radical (unpaired) electrons. The zero-order chi connectivity index (χ0) is 10.4. The molecule has 0 aromatic rings. The number of primary sulfonamides is 1. The second kappa shape index (κ2) is 2.90. The van der Waals surface area contributed by atoms with Gasteiger partial charge in [0.1, 0.15) is 5.75 Å². The summed E-state index contributed by atoms with van der Waals surface area (Å²) in [7, 11) is -3.81. The molecule has 82 valence electrons. The van der Waals surface area contributed by atoms with E-state index in [1.54, 1.807) is 0 Å². The highest BCUT2D eigenvalue weighted by molar-refractivity contribution is 7.89. The summed E-state index contributed by atoms with van der Waals surface area (Å²) in [5.74, 6) is -2.75. The van der Waals surface area contributed by atoms with Crippen molar-refractivity contribution in [3.8, 4) is 0 Å². The van der Waals surface area contributed by atoms with Crippen molar-refractivity contribution in [3.05, 3.63) is 0 Å². The zero-order valence-electron chi connectivity index (χ0n) is 7.83. The molecule has 14 heavy (non-hydrogen) atoms. The van der Waals surface area contributed by atoms with Crippen LogP contribution in [-0.2, 0) is 14.8 Å². The van der Waals surface area contributed by atoms with Gasteiger partial charge in [-0.05, 0) is 19.3 Å². The van der Waals surface area contributed by atoms with Crippen LogP contribution in [0, 0.1) is 5.41 Å². The fraction of sp³-hybridized carbons (Fsp3) is 1.00. The first-order valence-electron chi connectivity index (χ1n) is 4.70. The van der Waals surface area contributed by atoms with E-state index >= 15 is 0 Å². The number of nitrogens with two attached hydrogens (primary N) is 1. The van der Waals surface area contributed by atoms with Crippen LogP contribution in [-0.4, -0.2) is 26.6 Å². The lowest BCUT2D eigenvalue weighted by molar-refractivity contribution is -0.175. The molecule has 1 aliphatic heterocycles. The Morgan fingerprint density at radius 2 is 2.00 bits per heavy atom. The Hall–Kier alpha value is -0.200. The topological polar surface area (TPSA) is 69.4 Å². The third-order valence-electron chi connectivity index (χ3n) is 3.40. The normalized spacial score (nSPS) is 35.9. The predicted molar refractivity (Wildman–Crippen MR) is 48.7 cm³/mol. The van der Waals surface area contributed by atoms with E-state index in [9.17, 15) is 12.8 Å². The lowest BCUT2D eigenvalue weighted by Crippen LogP contribution is -2.51. The van der Waals surface area contributed by atoms with E-state index in [4.69, 9.17) is 9.88 Å². The number of hydrogen-bond donors (Lipinski definition) is 1. The molecule has 4 nitrogen and oxygen atoms in total. The van der Waals surface area contributed by atoms with E-state index in [2.05, 4.69) is 0 Å². The molecule has 0 amide bonds. The quantitative estimate of drug-likeness (QED) is 0.742. The first kappa shape index (κ1) is 10.3. The van der Waals surface area contributed by atoms with E-state index in [1.165, 1.54) is 0 Å². The first-order chi connectivity index (χ1) is 6.37. The van der Waals surface area contributed by atoms with Crippen molar-refractivity contribution in [3.63, 3.8) is 0 Å². The van der Waals surface area contributed by atoms with Gasteiger partial charge < -0.3 is 4.74 Å². The summed E-state index contributed by atoms with van der Waals surface area (Å²) in [5, 5.41) is 4.85. The summed E-state index contributed by atoms with van der Waals surface area (Å²) < 4.78 is 40.9. The molecule has 1 saturated heterocycles. The van der Waals surface area contributed by atoms with Crippen molar-refractivity contribution >= 4 is 10.0 Å². The molecule has 1 unspecified atom stereocenters. The van der Waals surface area contributed by atoms with E-state index in [-0.39, 0.29) is 0 Å². The number of ether oxygens (including phenoxy) is 1. The van der Waals surface area contributed by atoms with Gasteiger partial charge in [-0.25, -0.2) is 17.9 Å². The predicted octanol–water partition coefficient (Wildman–Crippen LogP) is 0.531. The Labute approximate surface area is 82.7 Å². The molecule has 0 aromatic heterocycles. The second-order valence-corrected chi connectivity index (χ2v) is 5.88. The fourth-order valence-electron chi connectivity index (χ4n) is 2.43. The van der Waals surface area contributed by atoms with Gasteiger partial charge in [0.05, 0.1) is 6.61 Å². The van der Waals surface area contributed by atoms with Crippen LogP contribution in [0.4, 0.5) is 4.39 Å². The van der Waals surface area contributed by atoms with E-state index in [0.717, 1.165) is 6.42 Å². The summed E-state index contributed by atoms with van der Waals surface area (Å²) in [4.78, 5) is 0. The van der Waals surface area contributed by atoms with Gasteiger partial charge in [0.15, 0.2) is 0 Å². The van der Waals surface area contributed by atoms with E-state index in [0.29, 0.717) is 25.9 Å². The van der Waals surface area contributed by atoms with Crippen molar-refractivity contribution in [2.45, 2.75) is 31.5 Å². The maximum Gasteiger partial charge on any atom is 0.230 e. The van der Waals surface area contributed by atoms with Gasteiger partial charge in [0.2, 0.25) is 15.9 Å². The van der Waals surface area contributed by atoms with Gasteiger partial charge in [-0.3, -0.25) is 0 Å². The molecule has 1 saturated carbocycles. The monoisotopic (exact) mass is 223 g/mol. The Morgan fingerprint density at radius 1 is 1.36 bits per heavy atom. The van der Waals surface area contributed by atoms with Crippen molar-refractivity contribution in [1.82, 2.24) is 0 Å². The molecule has 2 rings (SSSR count). The van der Waals surface area contributed by atoms with Gasteiger partial charge in [-0.2, -0.15) is 0 Å². The van der Waals surface area contributed by atoms with Crippen LogP contribution in [0.15, 0.2) is 0 Å². The van der Waals surface area contributed by atoms with Gasteiger partial charge in [0.25, 0.3) is 0 Å². The molecule has 0 aromatic carbocycles. The number of hydrogen-bond acceptors (Lipinski definition) is 3. The molecule has 6 heteroatoms. The molecule has 1 heterocycles. The summed E-state index contributed by atoms with van der Waals surface area (Å²) in [6, 6.07) is 0. The molecule has 1 aliphatic carbocycles. The largest absolute Gasteiger partial charge is 0.345 e. The van der Waals surface area contributed by atoms with Crippen molar-refractivity contribution in [2.75, 3.05) is 12.4 Å². The van der Waals surface area contributed by atoms with Crippen LogP contribution >= 0.6 is 0 Å². The molecule has 2 fully saturated rings. The minimum atomic E-state index is -3.81.